The van der Waals surface area contributed by atoms with E-state index in [1.807, 2.05) is 23.1 Å². The summed E-state index contributed by atoms with van der Waals surface area (Å²) in [5.74, 6) is 0.778. The van der Waals surface area contributed by atoms with E-state index in [0.29, 0.717) is 6.73 Å². The second kappa shape index (κ2) is 9.99. The van der Waals surface area contributed by atoms with Crippen molar-refractivity contribution < 1.29 is 9.47 Å². The molecule has 4 rings (SSSR count). The van der Waals surface area contributed by atoms with E-state index in [0.717, 1.165) is 70.0 Å². The number of anilines is 2. The average Bonchev–Trinajstić information content (AvgIpc) is 3.39. The highest BCUT2D eigenvalue weighted by molar-refractivity contribution is 9.10. The maximum Gasteiger partial charge on any atom is 0.215 e. The molecule has 0 aromatic carbocycles. The molecule has 0 N–H and O–H groups in total. The molecule has 1 atom stereocenters. The highest BCUT2D eigenvalue weighted by Crippen LogP contribution is 2.30. The quantitative estimate of drug-likeness (QED) is 0.211. The maximum atomic E-state index is 6.07. The summed E-state index contributed by atoms with van der Waals surface area (Å²) >= 11 is 5.07. The molecule has 1 aliphatic heterocycles. The number of hydrogen-bond donors (Lipinski definition) is 0. The molecule has 10 heteroatoms. The van der Waals surface area contributed by atoms with Gasteiger partial charge in [-0.05, 0) is 53.0 Å². The fraction of sp³-hybridized carbons (Fsp3) is 0.524. The molecule has 1 unspecified atom stereocenters. The Morgan fingerprint density at radius 2 is 2.13 bits per heavy atom. The highest BCUT2D eigenvalue weighted by atomic mass is 79.9. The molecule has 0 bridgehead atoms. The average molecular weight is 523 g/mol. The van der Waals surface area contributed by atoms with Crippen molar-refractivity contribution in [3.63, 3.8) is 0 Å². The second-order valence-corrected chi connectivity index (χ2v) is 16.5. The molecule has 7 nitrogen and oxygen atoms in total. The predicted octanol–water partition coefficient (Wildman–Crippen LogP) is 5.42. The number of pyridine rings is 2. The Balaban J connectivity index is 1.56. The van der Waals surface area contributed by atoms with Gasteiger partial charge in [-0.15, -0.1) is 10.2 Å². The molecule has 166 valence electrons. The number of hydrogen-bond acceptors (Lipinski definition) is 8. The first kappa shape index (κ1) is 22.7. The summed E-state index contributed by atoms with van der Waals surface area (Å²) in [4.78, 5) is 11.3. The van der Waals surface area contributed by atoms with Gasteiger partial charge in [-0.3, -0.25) is 9.88 Å². The van der Waals surface area contributed by atoms with Crippen LogP contribution in [0.4, 0.5) is 10.9 Å². The molecule has 1 fully saturated rings. The molecule has 0 saturated carbocycles. The van der Waals surface area contributed by atoms with E-state index in [9.17, 15) is 0 Å². The normalized spacial score (nSPS) is 16.8. The van der Waals surface area contributed by atoms with Crippen molar-refractivity contribution in [2.75, 3.05) is 24.8 Å². The maximum absolute atomic E-state index is 6.07. The van der Waals surface area contributed by atoms with Crippen molar-refractivity contribution in [3.05, 3.63) is 33.9 Å². The smallest absolute Gasteiger partial charge is 0.215 e. The summed E-state index contributed by atoms with van der Waals surface area (Å²) < 4.78 is 12.7. The Labute approximate surface area is 196 Å². The molecule has 0 spiro atoms. The van der Waals surface area contributed by atoms with Gasteiger partial charge < -0.3 is 9.47 Å². The van der Waals surface area contributed by atoms with E-state index in [4.69, 9.17) is 14.5 Å². The topological polar surface area (TPSA) is 73.3 Å². The highest BCUT2D eigenvalue weighted by Gasteiger charge is 2.22. The molecule has 31 heavy (non-hydrogen) atoms. The first-order chi connectivity index (χ1) is 14.9. The SMILES string of the molecule is C[Si](C)(C)CCOCN(c1ccc2ncc(Br)cc2n1)c1nnc(CC2CCCO2)s1. The molecular weight excluding hydrogens is 494 g/mol. The lowest BCUT2D eigenvalue weighted by Crippen LogP contribution is -2.26. The monoisotopic (exact) mass is 521 g/mol. The Bertz CT molecular complexity index is 1020. The minimum Gasteiger partial charge on any atom is -0.378 e. The van der Waals surface area contributed by atoms with Gasteiger partial charge in [0.2, 0.25) is 5.13 Å². The Hall–Kier alpha value is -1.46. The summed E-state index contributed by atoms with van der Waals surface area (Å²) in [6, 6.07) is 7.03. The minimum absolute atomic E-state index is 0.254. The first-order valence-electron chi connectivity index (χ1n) is 10.6. The van der Waals surface area contributed by atoms with E-state index in [1.54, 1.807) is 17.5 Å². The molecule has 0 aliphatic carbocycles. The van der Waals surface area contributed by atoms with Crippen LogP contribution in [-0.2, 0) is 15.9 Å². The van der Waals surface area contributed by atoms with Gasteiger partial charge in [-0.1, -0.05) is 31.0 Å². The molecule has 0 radical (unpaired) electrons. The van der Waals surface area contributed by atoms with E-state index < -0.39 is 8.07 Å². The molecule has 1 aliphatic rings. The van der Waals surface area contributed by atoms with E-state index in [2.05, 4.69) is 50.8 Å². The van der Waals surface area contributed by atoms with Gasteiger partial charge in [-0.25, -0.2) is 4.98 Å². The van der Waals surface area contributed by atoms with Crippen LogP contribution in [0.3, 0.4) is 0 Å². The van der Waals surface area contributed by atoms with Gasteiger partial charge in [0.1, 0.15) is 17.6 Å². The minimum atomic E-state index is -1.16. The van der Waals surface area contributed by atoms with E-state index >= 15 is 0 Å². The standard InChI is InChI=1S/C21H28BrN5O2SSi/c1-31(2,3)10-9-28-14-27(19-7-6-17-18(24-19)11-15(22)13-23-17)21-26-25-20(30-21)12-16-5-4-8-29-16/h6-7,11,13,16H,4-5,8-10,12,14H2,1-3H3. The van der Waals surface area contributed by atoms with Crippen LogP contribution in [0.25, 0.3) is 11.0 Å². The van der Waals surface area contributed by atoms with Crippen LogP contribution in [0.2, 0.25) is 25.7 Å². The number of aromatic nitrogens is 4. The van der Waals surface area contributed by atoms with Crippen molar-refractivity contribution in [2.45, 2.75) is 51.1 Å². The van der Waals surface area contributed by atoms with Gasteiger partial charge in [0.05, 0.1) is 17.1 Å². The van der Waals surface area contributed by atoms with Crippen LogP contribution >= 0.6 is 27.3 Å². The molecule has 3 aromatic rings. The number of halogens is 1. The first-order valence-corrected chi connectivity index (χ1v) is 15.9. The lowest BCUT2D eigenvalue weighted by atomic mass is 10.2. The van der Waals surface area contributed by atoms with Gasteiger partial charge in [0, 0.05) is 38.4 Å². The Kier molecular flexibility index (Phi) is 7.32. The molecule has 1 saturated heterocycles. The zero-order chi connectivity index (χ0) is 21.8. The summed E-state index contributed by atoms with van der Waals surface area (Å²) in [6.07, 6.45) is 5.06. The largest absolute Gasteiger partial charge is 0.378 e. The number of nitrogens with zero attached hydrogens (tertiary/aromatic N) is 5. The summed E-state index contributed by atoms with van der Waals surface area (Å²) in [6.45, 7) is 9.02. The lowest BCUT2D eigenvalue weighted by molar-refractivity contribution is 0.111. The Morgan fingerprint density at radius 3 is 2.90 bits per heavy atom. The van der Waals surface area contributed by atoms with Crippen LogP contribution in [0.15, 0.2) is 28.9 Å². The summed E-state index contributed by atoms with van der Waals surface area (Å²) in [5, 5.41) is 10.7. The summed E-state index contributed by atoms with van der Waals surface area (Å²) in [5.41, 5.74) is 1.67. The third-order valence-corrected chi connectivity index (χ3v) is 8.20. The van der Waals surface area contributed by atoms with Crippen molar-refractivity contribution in [1.29, 1.82) is 0 Å². The zero-order valence-corrected chi connectivity index (χ0v) is 21.6. The Morgan fingerprint density at radius 1 is 1.26 bits per heavy atom. The van der Waals surface area contributed by atoms with Crippen molar-refractivity contribution in [1.82, 2.24) is 20.2 Å². The molecular formula is C21H28BrN5O2SSi. The fourth-order valence-electron chi connectivity index (χ4n) is 3.31. The van der Waals surface area contributed by atoms with Crippen LogP contribution in [-0.4, -0.2) is 54.3 Å². The molecule has 3 aromatic heterocycles. The molecule has 0 amide bonds. The van der Waals surface area contributed by atoms with E-state index in [1.165, 1.54) is 0 Å². The number of fused-ring (bicyclic) bond motifs is 1. The van der Waals surface area contributed by atoms with Gasteiger partial charge in [0.15, 0.2) is 0 Å². The van der Waals surface area contributed by atoms with Gasteiger partial charge in [0.25, 0.3) is 0 Å². The third kappa shape index (κ3) is 6.29. The van der Waals surface area contributed by atoms with Crippen LogP contribution in [0, 0.1) is 0 Å². The zero-order valence-electron chi connectivity index (χ0n) is 18.2. The van der Waals surface area contributed by atoms with Crippen LogP contribution in [0.1, 0.15) is 17.8 Å². The molecule has 4 heterocycles. The fourth-order valence-corrected chi connectivity index (χ4v) is 5.29. The van der Waals surface area contributed by atoms with Crippen LogP contribution in [0.5, 0.6) is 0 Å². The second-order valence-electron chi connectivity index (χ2n) is 8.95. The van der Waals surface area contributed by atoms with Crippen LogP contribution < -0.4 is 4.90 Å². The van der Waals surface area contributed by atoms with Crippen molar-refractivity contribution >= 4 is 57.3 Å². The third-order valence-electron chi connectivity index (χ3n) is 5.10. The van der Waals surface area contributed by atoms with Crippen molar-refractivity contribution in [3.8, 4) is 0 Å². The number of ether oxygens (including phenoxy) is 2. The van der Waals surface area contributed by atoms with Crippen molar-refractivity contribution in [2.24, 2.45) is 0 Å². The lowest BCUT2D eigenvalue weighted by Gasteiger charge is -2.22. The van der Waals surface area contributed by atoms with E-state index in [-0.39, 0.29) is 6.10 Å². The van der Waals surface area contributed by atoms with Gasteiger partial charge >= 0.3 is 0 Å². The number of rotatable bonds is 9. The van der Waals surface area contributed by atoms with Gasteiger partial charge in [-0.2, -0.15) is 0 Å². The summed E-state index contributed by atoms with van der Waals surface area (Å²) in [7, 11) is -1.16. The predicted molar refractivity (Wildman–Crippen MR) is 131 cm³/mol.